The average molecular weight is 328 g/mol. The van der Waals surface area contributed by atoms with Crippen molar-refractivity contribution in [3.05, 3.63) is 30.2 Å². The second kappa shape index (κ2) is 6.45. The number of fused-ring (bicyclic) bond motifs is 1. The molecule has 1 heterocycles. The van der Waals surface area contributed by atoms with Crippen molar-refractivity contribution in [1.82, 2.24) is 9.71 Å². The Morgan fingerprint density at radius 1 is 1.45 bits per heavy atom. The molecule has 1 aromatic heterocycles. The zero-order valence-electron chi connectivity index (χ0n) is 12.0. The van der Waals surface area contributed by atoms with Gasteiger partial charge in [0.15, 0.2) is 0 Å². The van der Waals surface area contributed by atoms with E-state index in [1.807, 2.05) is 6.92 Å². The first-order chi connectivity index (χ1) is 10.4. The molecule has 1 aromatic carbocycles. The van der Waals surface area contributed by atoms with Crippen molar-refractivity contribution in [2.45, 2.75) is 37.1 Å². The number of aromatic nitrogens is 1. The van der Waals surface area contributed by atoms with Gasteiger partial charge >= 0.3 is 5.97 Å². The molecule has 6 nitrogen and oxygen atoms in total. The van der Waals surface area contributed by atoms with Crippen LogP contribution in [-0.2, 0) is 14.8 Å². The predicted molar refractivity (Wildman–Crippen MR) is 79.5 cm³/mol. The van der Waals surface area contributed by atoms with Crippen molar-refractivity contribution in [3.63, 3.8) is 0 Å². The number of halogens is 1. The third-order valence-corrected chi connectivity index (χ3v) is 4.85. The van der Waals surface area contributed by atoms with E-state index in [-0.39, 0.29) is 16.7 Å². The summed E-state index contributed by atoms with van der Waals surface area (Å²) < 4.78 is 40.8. The zero-order chi connectivity index (χ0) is 16.3. The molecule has 0 saturated carbocycles. The van der Waals surface area contributed by atoms with Gasteiger partial charge in [0.25, 0.3) is 0 Å². The van der Waals surface area contributed by atoms with Crippen LogP contribution in [0.4, 0.5) is 4.39 Å². The third kappa shape index (κ3) is 3.28. The molecule has 120 valence electrons. The van der Waals surface area contributed by atoms with E-state index in [1.165, 1.54) is 6.07 Å². The van der Waals surface area contributed by atoms with Gasteiger partial charge in [0.1, 0.15) is 16.8 Å². The molecule has 2 aromatic rings. The average Bonchev–Trinajstić information content (AvgIpc) is 2.89. The highest BCUT2D eigenvalue weighted by Gasteiger charge is 2.27. The number of aliphatic carboxylic acids is 1. The van der Waals surface area contributed by atoms with Gasteiger partial charge in [-0.2, -0.15) is 4.72 Å². The van der Waals surface area contributed by atoms with Gasteiger partial charge in [-0.3, -0.25) is 4.79 Å². The smallest absolute Gasteiger partial charge is 0.321 e. The summed E-state index contributed by atoms with van der Waals surface area (Å²) in [4.78, 5) is 13.6. The SMILES string of the molecule is CCCCC(NS(=O)(=O)c1c[nH]c2cccc(F)c12)C(=O)O. The highest BCUT2D eigenvalue weighted by Crippen LogP contribution is 2.25. The van der Waals surface area contributed by atoms with Crippen molar-refractivity contribution in [2.24, 2.45) is 0 Å². The van der Waals surface area contributed by atoms with Gasteiger partial charge in [-0.15, -0.1) is 0 Å². The minimum Gasteiger partial charge on any atom is -0.480 e. The summed E-state index contributed by atoms with van der Waals surface area (Å²) in [6.07, 6.45) is 2.65. The molecule has 2 rings (SSSR count). The van der Waals surface area contributed by atoms with Crippen LogP contribution >= 0.6 is 0 Å². The fraction of sp³-hybridized carbons (Fsp3) is 0.357. The molecule has 0 fully saturated rings. The lowest BCUT2D eigenvalue weighted by Gasteiger charge is -2.14. The maximum atomic E-state index is 13.9. The number of carboxylic acids is 1. The Kier molecular flexibility index (Phi) is 4.82. The van der Waals surface area contributed by atoms with Crippen molar-refractivity contribution in [1.29, 1.82) is 0 Å². The van der Waals surface area contributed by atoms with E-state index in [2.05, 4.69) is 9.71 Å². The number of carboxylic acid groups (broad SMARTS) is 1. The summed E-state index contributed by atoms with van der Waals surface area (Å²) in [6.45, 7) is 1.88. The number of hydrogen-bond acceptors (Lipinski definition) is 3. The van der Waals surface area contributed by atoms with Crippen LogP contribution in [0.2, 0.25) is 0 Å². The monoisotopic (exact) mass is 328 g/mol. The quantitative estimate of drug-likeness (QED) is 0.725. The molecule has 0 saturated heterocycles. The highest BCUT2D eigenvalue weighted by atomic mass is 32.2. The first-order valence-electron chi connectivity index (χ1n) is 6.87. The Bertz CT molecular complexity index is 785. The molecule has 1 unspecified atom stereocenters. The van der Waals surface area contributed by atoms with Crippen molar-refractivity contribution < 1.29 is 22.7 Å². The Hall–Kier alpha value is -1.93. The van der Waals surface area contributed by atoms with Crippen LogP contribution < -0.4 is 4.72 Å². The molecule has 0 radical (unpaired) electrons. The standard InChI is InChI=1S/C14H17FN2O4S/c1-2-3-6-11(14(18)19)17-22(20,21)12-8-16-10-7-4-5-9(15)13(10)12/h4-5,7-8,11,16-17H,2-3,6H2,1H3,(H,18,19). The summed E-state index contributed by atoms with van der Waals surface area (Å²) in [6, 6.07) is 2.92. The van der Waals surface area contributed by atoms with Crippen molar-refractivity contribution in [2.75, 3.05) is 0 Å². The second-order valence-electron chi connectivity index (χ2n) is 4.97. The van der Waals surface area contributed by atoms with E-state index in [0.29, 0.717) is 11.9 Å². The van der Waals surface area contributed by atoms with Crippen LogP contribution in [0, 0.1) is 5.82 Å². The first kappa shape index (κ1) is 16.4. The van der Waals surface area contributed by atoms with E-state index in [4.69, 9.17) is 5.11 Å². The molecule has 0 aliphatic heterocycles. The van der Waals surface area contributed by atoms with Crippen LogP contribution in [0.1, 0.15) is 26.2 Å². The van der Waals surface area contributed by atoms with Crippen molar-refractivity contribution >= 4 is 26.9 Å². The first-order valence-corrected chi connectivity index (χ1v) is 8.36. The Labute approximate surface area is 127 Å². The number of carbonyl (C=O) groups is 1. The fourth-order valence-corrected chi connectivity index (χ4v) is 3.62. The Morgan fingerprint density at radius 3 is 2.82 bits per heavy atom. The normalized spacial score (nSPS) is 13.4. The summed E-state index contributed by atoms with van der Waals surface area (Å²) in [5.41, 5.74) is 0.334. The minimum absolute atomic E-state index is 0.0744. The minimum atomic E-state index is -4.14. The van der Waals surface area contributed by atoms with Gasteiger partial charge in [-0.25, -0.2) is 12.8 Å². The molecule has 0 aliphatic rings. The molecule has 0 amide bonds. The molecule has 22 heavy (non-hydrogen) atoms. The maximum absolute atomic E-state index is 13.9. The van der Waals surface area contributed by atoms with E-state index >= 15 is 0 Å². The lowest BCUT2D eigenvalue weighted by Crippen LogP contribution is -2.40. The van der Waals surface area contributed by atoms with Crippen LogP contribution in [0.5, 0.6) is 0 Å². The van der Waals surface area contributed by atoms with Gasteiger partial charge in [0.2, 0.25) is 10.0 Å². The lowest BCUT2D eigenvalue weighted by molar-refractivity contribution is -0.139. The van der Waals surface area contributed by atoms with E-state index in [0.717, 1.165) is 18.7 Å². The number of nitrogens with one attached hydrogen (secondary N) is 2. The lowest BCUT2D eigenvalue weighted by atomic mass is 10.1. The molecule has 8 heteroatoms. The van der Waals surface area contributed by atoms with Gasteiger partial charge in [-0.1, -0.05) is 25.8 Å². The second-order valence-corrected chi connectivity index (χ2v) is 6.65. The molecular formula is C14H17FN2O4S. The Balaban J connectivity index is 2.38. The fourth-order valence-electron chi connectivity index (χ4n) is 2.21. The van der Waals surface area contributed by atoms with E-state index < -0.39 is 27.9 Å². The maximum Gasteiger partial charge on any atom is 0.321 e. The number of H-pyrrole nitrogens is 1. The van der Waals surface area contributed by atoms with Crippen LogP contribution in [-0.4, -0.2) is 30.5 Å². The van der Waals surface area contributed by atoms with Gasteiger partial charge in [-0.05, 0) is 18.6 Å². The number of rotatable bonds is 7. The Morgan fingerprint density at radius 2 is 2.18 bits per heavy atom. The van der Waals surface area contributed by atoms with Crippen molar-refractivity contribution in [3.8, 4) is 0 Å². The largest absolute Gasteiger partial charge is 0.480 e. The summed E-state index contributed by atoms with van der Waals surface area (Å²) >= 11 is 0. The summed E-state index contributed by atoms with van der Waals surface area (Å²) in [5.74, 6) is -1.93. The summed E-state index contributed by atoms with van der Waals surface area (Å²) in [5, 5.41) is 9.05. The number of unbranched alkanes of at least 4 members (excludes halogenated alkanes) is 1. The molecule has 3 N–H and O–H groups in total. The molecule has 1 atom stereocenters. The zero-order valence-corrected chi connectivity index (χ0v) is 12.8. The number of benzene rings is 1. The van der Waals surface area contributed by atoms with Crippen LogP contribution in [0.3, 0.4) is 0 Å². The van der Waals surface area contributed by atoms with Crippen LogP contribution in [0.25, 0.3) is 10.9 Å². The molecule has 0 bridgehead atoms. The summed E-state index contributed by atoms with van der Waals surface area (Å²) in [7, 11) is -4.14. The topological polar surface area (TPSA) is 99.3 Å². The number of sulfonamides is 1. The molecular weight excluding hydrogens is 311 g/mol. The predicted octanol–water partition coefficient (Wildman–Crippen LogP) is 2.23. The number of aromatic amines is 1. The van der Waals surface area contributed by atoms with Gasteiger partial charge in [0, 0.05) is 11.7 Å². The molecule has 0 spiro atoms. The molecule has 0 aliphatic carbocycles. The van der Waals surface area contributed by atoms with E-state index in [1.54, 1.807) is 6.07 Å². The van der Waals surface area contributed by atoms with E-state index in [9.17, 15) is 17.6 Å². The van der Waals surface area contributed by atoms with Gasteiger partial charge in [0.05, 0.1) is 5.39 Å². The van der Waals surface area contributed by atoms with Gasteiger partial charge < -0.3 is 10.1 Å². The number of hydrogen-bond donors (Lipinski definition) is 3. The third-order valence-electron chi connectivity index (χ3n) is 3.35. The highest BCUT2D eigenvalue weighted by molar-refractivity contribution is 7.89. The van der Waals surface area contributed by atoms with Crippen LogP contribution in [0.15, 0.2) is 29.3 Å².